The van der Waals surface area contributed by atoms with Crippen LogP contribution in [0.5, 0.6) is 0 Å². The molecule has 0 bridgehead atoms. The normalized spacial score (nSPS) is 18.2. The van der Waals surface area contributed by atoms with Crippen LogP contribution in [0.15, 0.2) is 0 Å². The molecule has 0 atom stereocenters. The number of halogens is 1. The SMILES string of the molecule is ClCCCSCCCN1CCCC1. The summed E-state index contributed by atoms with van der Waals surface area (Å²) in [5.74, 6) is 3.37. The van der Waals surface area contributed by atoms with Gasteiger partial charge in [-0.2, -0.15) is 11.8 Å². The van der Waals surface area contributed by atoms with Gasteiger partial charge < -0.3 is 4.90 Å². The van der Waals surface area contributed by atoms with Gasteiger partial charge in [0, 0.05) is 5.88 Å². The molecule has 0 aromatic carbocycles. The minimum Gasteiger partial charge on any atom is -0.303 e. The number of hydrogen-bond donors (Lipinski definition) is 0. The molecule has 0 aliphatic carbocycles. The maximum absolute atomic E-state index is 5.60. The van der Waals surface area contributed by atoms with Gasteiger partial charge >= 0.3 is 0 Å². The van der Waals surface area contributed by atoms with Crippen molar-refractivity contribution in [3.8, 4) is 0 Å². The highest BCUT2D eigenvalue weighted by Gasteiger charge is 2.09. The predicted molar refractivity (Wildman–Crippen MR) is 63.0 cm³/mol. The summed E-state index contributed by atoms with van der Waals surface area (Å²) in [6, 6.07) is 0. The Morgan fingerprint density at radius 2 is 1.77 bits per heavy atom. The zero-order chi connectivity index (χ0) is 9.36. The summed E-state index contributed by atoms with van der Waals surface area (Å²) >= 11 is 7.65. The zero-order valence-corrected chi connectivity index (χ0v) is 9.88. The van der Waals surface area contributed by atoms with Gasteiger partial charge in [-0.1, -0.05) is 0 Å². The summed E-state index contributed by atoms with van der Waals surface area (Å²) < 4.78 is 0. The monoisotopic (exact) mass is 221 g/mol. The molecule has 1 fully saturated rings. The molecule has 0 radical (unpaired) electrons. The Labute approximate surface area is 91.2 Å². The first-order chi connectivity index (χ1) is 6.43. The van der Waals surface area contributed by atoms with Crippen LogP contribution < -0.4 is 0 Å². The fraction of sp³-hybridized carbons (Fsp3) is 1.00. The van der Waals surface area contributed by atoms with Crippen molar-refractivity contribution in [3.63, 3.8) is 0 Å². The van der Waals surface area contributed by atoms with Crippen molar-refractivity contribution in [2.24, 2.45) is 0 Å². The van der Waals surface area contributed by atoms with Gasteiger partial charge in [0.05, 0.1) is 0 Å². The lowest BCUT2D eigenvalue weighted by atomic mass is 10.4. The van der Waals surface area contributed by atoms with Gasteiger partial charge in [-0.3, -0.25) is 0 Å². The smallest absolute Gasteiger partial charge is 0.0231 e. The van der Waals surface area contributed by atoms with E-state index in [9.17, 15) is 0 Å². The molecule has 0 N–H and O–H groups in total. The molecule has 1 saturated heterocycles. The summed E-state index contributed by atoms with van der Waals surface area (Å²) in [7, 11) is 0. The molecule has 0 amide bonds. The van der Waals surface area contributed by atoms with Crippen molar-refractivity contribution in [1.82, 2.24) is 4.90 Å². The van der Waals surface area contributed by atoms with Crippen LogP contribution in [0, 0.1) is 0 Å². The lowest BCUT2D eigenvalue weighted by Crippen LogP contribution is -2.20. The van der Waals surface area contributed by atoms with Gasteiger partial charge in [0.25, 0.3) is 0 Å². The molecule has 1 heterocycles. The molecule has 1 aliphatic rings. The number of thioether (sulfide) groups is 1. The molecule has 13 heavy (non-hydrogen) atoms. The van der Waals surface area contributed by atoms with E-state index in [1.807, 2.05) is 0 Å². The van der Waals surface area contributed by atoms with E-state index in [4.69, 9.17) is 11.6 Å². The van der Waals surface area contributed by atoms with E-state index in [0.29, 0.717) is 0 Å². The highest BCUT2D eigenvalue weighted by molar-refractivity contribution is 7.99. The van der Waals surface area contributed by atoms with E-state index >= 15 is 0 Å². The average molecular weight is 222 g/mol. The molecule has 78 valence electrons. The Kier molecular flexibility index (Phi) is 7.14. The zero-order valence-electron chi connectivity index (χ0n) is 8.30. The number of hydrogen-bond acceptors (Lipinski definition) is 2. The second-order valence-corrected chi connectivity index (χ2v) is 5.16. The molecular formula is C10H20ClNS. The van der Waals surface area contributed by atoms with E-state index in [1.165, 1.54) is 50.4 Å². The predicted octanol–water partition coefficient (Wildman–Crippen LogP) is 2.83. The van der Waals surface area contributed by atoms with Crippen LogP contribution in [0.3, 0.4) is 0 Å². The van der Waals surface area contributed by atoms with Gasteiger partial charge in [-0.05, 0) is 56.8 Å². The molecule has 0 aromatic heterocycles. The van der Waals surface area contributed by atoms with Crippen molar-refractivity contribution < 1.29 is 0 Å². The summed E-state index contributed by atoms with van der Waals surface area (Å²) in [6.45, 7) is 3.99. The van der Waals surface area contributed by atoms with E-state index in [0.717, 1.165) is 12.3 Å². The molecule has 0 spiro atoms. The standard InChI is InChI=1S/C10H20ClNS/c11-5-3-9-13-10-4-8-12-6-1-2-7-12/h1-10H2. The van der Waals surface area contributed by atoms with Gasteiger partial charge in [0.1, 0.15) is 0 Å². The highest BCUT2D eigenvalue weighted by Crippen LogP contribution is 2.10. The molecule has 0 aromatic rings. The lowest BCUT2D eigenvalue weighted by molar-refractivity contribution is 0.341. The van der Waals surface area contributed by atoms with Crippen molar-refractivity contribution >= 4 is 23.4 Å². The molecule has 1 aliphatic heterocycles. The molecule has 1 nitrogen and oxygen atoms in total. The number of alkyl halides is 1. The summed E-state index contributed by atoms with van der Waals surface area (Å²) in [4.78, 5) is 2.59. The fourth-order valence-corrected chi connectivity index (χ4v) is 2.83. The van der Waals surface area contributed by atoms with Crippen molar-refractivity contribution in [2.45, 2.75) is 25.7 Å². The van der Waals surface area contributed by atoms with Crippen LogP contribution in [0.1, 0.15) is 25.7 Å². The van der Waals surface area contributed by atoms with Gasteiger partial charge in [-0.25, -0.2) is 0 Å². The van der Waals surface area contributed by atoms with E-state index < -0.39 is 0 Å². The Balaban J connectivity index is 1.78. The molecule has 0 unspecified atom stereocenters. The maximum Gasteiger partial charge on any atom is 0.0231 e. The molecule has 1 rings (SSSR count). The number of nitrogens with zero attached hydrogens (tertiary/aromatic N) is 1. The lowest BCUT2D eigenvalue weighted by Gasteiger charge is -2.13. The molecule has 3 heteroatoms. The van der Waals surface area contributed by atoms with Crippen molar-refractivity contribution in [3.05, 3.63) is 0 Å². The van der Waals surface area contributed by atoms with Gasteiger partial charge in [0.15, 0.2) is 0 Å². The number of likely N-dealkylation sites (tertiary alicyclic amines) is 1. The first-order valence-corrected chi connectivity index (χ1v) is 6.98. The second-order valence-electron chi connectivity index (χ2n) is 3.56. The van der Waals surface area contributed by atoms with Crippen molar-refractivity contribution in [2.75, 3.05) is 37.0 Å². The summed E-state index contributed by atoms with van der Waals surface area (Å²) in [5, 5.41) is 0. The minimum atomic E-state index is 0.819. The maximum atomic E-state index is 5.60. The third-order valence-electron chi connectivity index (χ3n) is 2.38. The quantitative estimate of drug-likeness (QED) is 0.481. The summed E-state index contributed by atoms with van der Waals surface area (Å²) in [5.41, 5.74) is 0. The van der Waals surface area contributed by atoms with Crippen LogP contribution in [-0.4, -0.2) is 41.9 Å². The van der Waals surface area contributed by atoms with Gasteiger partial charge in [0.2, 0.25) is 0 Å². The number of rotatable bonds is 7. The third-order valence-corrected chi connectivity index (χ3v) is 3.81. The van der Waals surface area contributed by atoms with Crippen LogP contribution in [0.25, 0.3) is 0 Å². The first kappa shape index (κ1) is 11.7. The minimum absolute atomic E-state index is 0.819. The molecular weight excluding hydrogens is 202 g/mol. The second kappa shape index (κ2) is 7.95. The fourth-order valence-electron chi connectivity index (χ4n) is 1.66. The highest BCUT2D eigenvalue weighted by atomic mass is 35.5. The average Bonchev–Trinajstić information content (AvgIpc) is 2.63. The van der Waals surface area contributed by atoms with E-state index in [1.54, 1.807) is 0 Å². The topological polar surface area (TPSA) is 3.24 Å². The third kappa shape index (κ3) is 5.82. The van der Waals surface area contributed by atoms with Crippen LogP contribution in [0.4, 0.5) is 0 Å². The van der Waals surface area contributed by atoms with Gasteiger partial charge in [-0.15, -0.1) is 11.6 Å². The summed E-state index contributed by atoms with van der Waals surface area (Å²) in [6.07, 6.45) is 5.35. The van der Waals surface area contributed by atoms with Crippen molar-refractivity contribution in [1.29, 1.82) is 0 Å². The van der Waals surface area contributed by atoms with E-state index in [-0.39, 0.29) is 0 Å². The Bertz CT molecular complexity index is 115. The van der Waals surface area contributed by atoms with E-state index in [2.05, 4.69) is 16.7 Å². The largest absolute Gasteiger partial charge is 0.303 e. The Morgan fingerprint density at radius 1 is 1.08 bits per heavy atom. The first-order valence-electron chi connectivity index (χ1n) is 5.29. The Morgan fingerprint density at radius 3 is 2.46 bits per heavy atom. The molecule has 0 saturated carbocycles. The van der Waals surface area contributed by atoms with Crippen LogP contribution in [-0.2, 0) is 0 Å². The van der Waals surface area contributed by atoms with Crippen LogP contribution in [0.2, 0.25) is 0 Å². The van der Waals surface area contributed by atoms with Crippen LogP contribution >= 0.6 is 23.4 Å². The Hall–Kier alpha value is 0.600.